The summed E-state index contributed by atoms with van der Waals surface area (Å²) in [5.74, 6) is 0.496. The Balaban J connectivity index is 2.97. The summed E-state index contributed by atoms with van der Waals surface area (Å²) < 4.78 is 0. The molecule has 0 amide bonds. The third kappa shape index (κ3) is 3.03. The summed E-state index contributed by atoms with van der Waals surface area (Å²) in [5.41, 5.74) is -0.138. The Hall–Kier alpha value is -1.40. The molecule has 0 aliphatic rings. The zero-order valence-corrected chi connectivity index (χ0v) is 8.57. The van der Waals surface area contributed by atoms with Crippen molar-refractivity contribution in [1.82, 2.24) is 0 Å². The van der Waals surface area contributed by atoms with E-state index in [2.05, 4.69) is 0 Å². The summed E-state index contributed by atoms with van der Waals surface area (Å²) in [6, 6.07) is 4.31. The molecule has 15 heavy (non-hydrogen) atoms. The van der Waals surface area contributed by atoms with Crippen LogP contribution in [-0.2, 0) is 0 Å². The Morgan fingerprint density at radius 3 is 2.80 bits per heavy atom. The zero-order chi connectivity index (χ0) is 11.3. The molecule has 0 spiro atoms. The maximum Gasteiger partial charge on any atom is 0.279 e. The summed E-state index contributed by atoms with van der Waals surface area (Å²) in [6.45, 7) is 0.0259. The standard InChI is InChI=1S/C9H9NO4S/c11-3-4-15-8-1-2-9(10(13)14)7(5-8)6-12/h1-2,5-6,11H,3-4H2. The molecule has 0 saturated carbocycles. The molecular formula is C9H9NO4S. The summed E-state index contributed by atoms with van der Waals surface area (Å²) in [4.78, 5) is 21.2. The van der Waals surface area contributed by atoms with Crippen molar-refractivity contribution < 1.29 is 14.8 Å². The van der Waals surface area contributed by atoms with Crippen molar-refractivity contribution in [3.05, 3.63) is 33.9 Å². The Bertz CT molecular complexity index is 380. The van der Waals surface area contributed by atoms with Gasteiger partial charge in [-0.05, 0) is 12.1 Å². The van der Waals surface area contributed by atoms with E-state index in [-0.39, 0.29) is 17.9 Å². The number of nitro benzene ring substituents is 1. The Morgan fingerprint density at radius 1 is 1.53 bits per heavy atom. The fourth-order valence-corrected chi connectivity index (χ4v) is 1.75. The fraction of sp³-hybridized carbons (Fsp3) is 0.222. The lowest BCUT2D eigenvalue weighted by atomic mass is 10.2. The van der Waals surface area contributed by atoms with Gasteiger partial charge in [0, 0.05) is 16.7 Å². The molecule has 0 radical (unpaired) electrons. The lowest BCUT2D eigenvalue weighted by Crippen LogP contribution is -1.94. The molecule has 1 rings (SSSR count). The molecule has 6 heteroatoms. The molecule has 0 saturated heterocycles. The quantitative estimate of drug-likeness (QED) is 0.357. The van der Waals surface area contributed by atoms with Gasteiger partial charge in [-0.2, -0.15) is 0 Å². The summed E-state index contributed by atoms with van der Waals surface area (Å²) in [5, 5.41) is 19.1. The van der Waals surface area contributed by atoms with Crippen LogP contribution in [0.15, 0.2) is 23.1 Å². The van der Waals surface area contributed by atoms with E-state index >= 15 is 0 Å². The number of hydrogen-bond donors (Lipinski definition) is 1. The van der Waals surface area contributed by atoms with Crippen LogP contribution in [-0.4, -0.2) is 28.7 Å². The van der Waals surface area contributed by atoms with Gasteiger partial charge in [-0.3, -0.25) is 14.9 Å². The minimum absolute atomic E-state index is 0.0259. The van der Waals surface area contributed by atoms with Crippen LogP contribution >= 0.6 is 11.8 Å². The maximum atomic E-state index is 10.6. The normalized spacial score (nSPS) is 9.93. The number of aldehydes is 1. The third-order valence-corrected chi connectivity index (χ3v) is 2.66. The maximum absolute atomic E-state index is 10.6. The van der Waals surface area contributed by atoms with E-state index < -0.39 is 4.92 Å². The Labute approximate surface area is 90.3 Å². The van der Waals surface area contributed by atoms with Crippen LogP contribution in [0.2, 0.25) is 0 Å². The summed E-state index contributed by atoms with van der Waals surface area (Å²) in [7, 11) is 0. The average molecular weight is 227 g/mol. The number of thioether (sulfide) groups is 1. The highest BCUT2D eigenvalue weighted by Crippen LogP contribution is 2.24. The van der Waals surface area contributed by atoms with Crippen LogP contribution in [0.25, 0.3) is 0 Å². The highest BCUT2D eigenvalue weighted by molar-refractivity contribution is 7.99. The largest absolute Gasteiger partial charge is 0.396 e. The molecule has 0 aromatic heterocycles. The van der Waals surface area contributed by atoms with Crippen LogP contribution < -0.4 is 0 Å². The molecule has 0 unspecified atom stereocenters. The van der Waals surface area contributed by atoms with Crippen LogP contribution in [0.5, 0.6) is 0 Å². The van der Waals surface area contributed by atoms with Crippen LogP contribution in [0.3, 0.4) is 0 Å². The number of carbonyl (C=O) groups is 1. The molecule has 0 aliphatic heterocycles. The monoisotopic (exact) mass is 227 g/mol. The predicted molar refractivity (Wildman–Crippen MR) is 56.3 cm³/mol. The predicted octanol–water partition coefficient (Wildman–Crippen LogP) is 1.49. The lowest BCUT2D eigenvalue weighted by Gasteiger charge is -2.00. The van der Waals surface area contributed by atoms with Crippen LogP contribution in [0.4, 0.5) is 5.69 Å². The van der Waals surface area contributed by atoms with Crippen molar-refractivity contribution >= 4 is 23.7 Å². The second-order valence-corrected chi connectivity index (χ2v) is 3.84. The number of rotatable bonds is 5. The van der Waals surface area contributed by atoms with E-state index in [0.29, 0.717) is 12.0 Å². The van der Waals surface area contributed by atoms with Gasteiger partial charge < -0.3 is 5.11 Å². The molecule has 0 aliphatic carbocycles. The summed E-state index contributed by atoms with van der Waals surface area (Å²) in [6.07, 6.45) is 0.459. The molecule has 1 N–H and O–H groups in total. The minimum Gasteiger partial charge on any atom is -0.396 e. The minimum atomic E-state index is -0.593. The number of aliphatic hydroxyl groups excluding tert-OH is 1. The molecule has 1 aromatic rings. The number of nitro groups is 1. The number of hydrogen-bond acceptors (Lipinski definition) is 5. The van der Waals surface area contributed by atoms with Crippen molar-refractivity contribution in [2.75, 3.05) is 12.4 Å². The Morgan fingerprint density at radius 2 is 2.27 bits per heavy atom. The van der Waals surface area contributed by atoms with Gasteiger partial charge >= 0.3 is 0 Å². The number of benzene rings is 1. The van der Waals surface area contributed by atoms with Gasteiger partial charge in [0.1, 0.15) is 0 Å². The van der Waals surface area contributed by atoms with E-state index in [9.17, 15) is 14.9 Å². The molecule has 5 nitrogen and oxygen atoms in total. The van der Waals surface area contributed by atoms with Gasteiger partial charge in [0.2, 0.25) is 0 Å². The van der Waals surface area contributed by atoms with Gasteiger partial charge in [-0.1, -0.05) is 0 Å². The molecule has 1 aromatic carbocycles. The van der Waals surface area contributed by atoms with Gasteiger partial charge in [-0.15, -0.1) is 11.8 Å². The van der Waals surface area contributed by atoms with Crippen molar-refractivity contribution in [3.63, 3.8) is 0 Å². The van der Waals surface area contributed by atoms with Gasteiger partial charge in [0.05, 0.1) is 17.1 Å². The van der Waals surface area contributed by atoms with Crippen molar-refractivity contribution in [3.8, 4) is 0 Å². The Kier molecular flexibility index (Phi) is 4.26. The molecular weight excluding hydrogens is 218 g/mol. The average Bonchev–Trinajstić information content (AvgIpc) is 2.25. The SMILES string of the molecule is O=Cc1cc(SCCO)ccc1[N+](=O)[O-]. The highest BCUT2D eigenvalue weighted by atomic mass is 32.2. The van der Waals surface area contributed by atoms with Crippen LogP contribution in [0, 0.1) is 10.1 Å². The van der Waals surface area contributed by atoms with Crippen molar-refractivity contribution in [2.45, 2.75) is 4.90 Å². The number of aliphatic hydroxyl groups is 1. The first kappa shape index (κ1) is 11.7. The van der Waals surface area contributed by atoms with Crippen molar-refractivity contribution in [1.29, 1.82) is 0 Å². The van der Waals surface area contributed by atoms with Crippen LogP contribution in [0.1, 0.15) is 10.4 Å². The summed E-state index contributed by atoms with van der Waals surface area (Å²) >= 11 is 1.34. The third-order valence-electron chi connectivity index (χ3n) is 1.68. The lowest BCUT2D eigenvalue weighted by molar-refractivity contribution is -0.385. The molecule has 0 fully saturated rings. The first-order valence-electron chi connectivity index (χ1n) is 4.16. The molecule has 80 valence electrons. The van der Waals surface area contributed by atoms with E-state index in [0.717, 1.165) is 4.90 Å². The van der Waals surface area contributed by atoms with Gasteiger partial charge in [0.25, 0.3) is 5.69 Å². The highest BCUT2D eigenvalue weighted by Gasteiger charge is 2.13. The second kappa shape index (κ2) is 5.47. The van der Waals surface area contributed by atoms with Gasteiger partial charge in [-0.25, -0.2) is 0 Å². The molecule has 0 atom stereocenters. The number of carbonyl (C=O) groups excluding carboxylic acids is 1. The topological polar surface area (TPSA) is 80.4 Å². The van der Waals surface area contributed by atoms with E-state index in [4.69, 9.17) is 5.11 Å². The van der Waals surface area contributed by atoms with E-state index in [1.54, 1.807) is 6.07 Å². The first-order chi connectivity index (χ1) is 7.19. The number of nitrogens with zero attached hydrogens (tertiary/aromatic N) is 1. The molecule has 0 bridgehead atoms. The van der Waals surface area contributed by atoms with Gasteiger partial charge in [0.15, 0.2) is 6.29 Å². The second-order valence-electron chi connectivity index (χ2n) is 2.67. The zero-order valence-electron chi connectivity index (χ0n) is 7.75. The smallest absolute Gasteiger partial charge is 0.279 e. The van der Waals surface area contributed by atoms with E-state index in [1.807, 2.05) is 0 Å². The fourth-order valence-electron chi connectivity index (χ4n) is 1.05. The molecule has 0 heterocycles. The van der Waals surface area contributed by atoms with Crippen molar-refractivity contribution in [2.24, 2.45) is 0 Å². The first-order valence-corrected chi connectivity index (χ1v) is 5.15. The van der Waals surface area contributed by atoms with E-state index in [1.165, 1.54) is 23.9 Å².